The van der Waals surface area contributed by atoms with Crippen LogP contribution in [0.25, 0.3) is 44.1 Å². The van der Waals surface area contributed by atoms with Crippen LogP contribution in [0.4, 0.5) is 34.1 Å². The van der Waals surface area contributed by atoms with Gasteiger partial charge in [0.25, 0.3) is 10.1 Å². The quantitative estimate of drug-likeness (QED) is 0.0749. The monoisotopic (exact) mass is 933 g/mol. The van der Waals surface area contributed by atoms with Gasteiger partial charge in [-0.1, -0.05) is 66.6 Å². The summed E-state index contributed by atoms with van der Waals surface area (Å²) in [6.45, 7) is 1.84. The van der Waals surface area contributed by atoms with Crippen molar-refractivity contribution < 1.29 is 31.9 Å². The van der Waals surface area contributed by atoms with Crippen molar-refractivity contribution >= 4 is 66.0 Å². The van der Waals surface area contributed by atoms with Crippen LogP contribution in [0.5, 0.6) is 23.0 Å². The highest BCUT2D eigenvalue weighted by Crippen LogP contribution is 2.43. The van der Waals surface area contributed by atoms with Gasteiger partial charge in [-0.2, -0.15) is 8.42 Å². The van der Waals surface area contributed by atoms with Gasteiger partial charge in [0, 0.05) is 62.6 Å². The Kier molecular flexibility index (Phi) is 13.3. The van der Waals surface area contributed by atoms with Gasteiger partial charge in [-0.3, -0.25) is 4.55 Å². The molecule has 1 atom stereocenters. The predicted molar refractivity (Wildman–Crippen MR) is 279 cm³/mol. The Morgan fingerprint density at radius 3 is 1.06 bits per heavy atom. The van der Waals surface area contributed by atoms with E-state index >= 15 is 0 Å². The highest BCUT2D eigenvalue weighted by molar-refractivity contribution is 7.86. The van der Waals surface area contributed by atoms with Crippen LogP contribution in [-0.4, -0.2) is 51.2 Å². The molecule has 10 nitrogen and oxygen atoms in total. The van der Waals surface area contributed by atoms with E-state index in [1.165, 1.54) is 0 Å². The second-order valence-corrected chi connectivity index (χ2v) is 17.9. The fourth-order valence-electron chi connectivity index (χ4n) is 9.01. The standard InChI is InChI=1S/C58H51N3O7S/c1-6-9-52(69(62,63)64)38-39-59-57-53(40-14-18-42(19-15-40)60(44-22-30-48(65-2)31-23-44)45-24-32-49(66-3)33-25-45)10-7-12-55(57)56-13-8-11-54(58(56)59)41-16-20-43(21-17-41)61(46-26-34-50(67-4)35-27-46)47-28-36-51(68-5)37-29-47/h7-8,10-37,52H,38-39H2,1-5H3,(H,62,63,64). The van der Waals surface area contributed by atoms with E-state index in [4.69, 9.17) is 18.9 Å². The number of fused-ring (bicyclic) bond motifs is 3. The van der Waals surface area contributed by atoms with Gasteiger partial charge >= 0.3 is 0 Å². The molecule has 11 heteroatoms. The molecule has 0 aliphatic heterocycles. The molecule has 0 aliphatic rings. The summed E-state index contributed by atoms with van der Waals surface area (Å²) in [4.78, 5) is 4.35. The number of aromatic nitrogens is 1. The number of hydrogen-bond acceptors (Lipinski definition) is 8. The van der Waals surface area contributed by atoms with Gasteiger partial charge in [0.2, 0.25) is 0 Å². The molecule has 0 saturated heterocycles. The van der Waals surface area contributed by atoms with Gasteiger partial charge in [-0.15, -0.1) is 5.92 Å². The molecule has 346 valence electrons. The van der Waals surface area contributed by atoms with Crippen LogP contribution in [0.2, 0.25) is 0 Å². The van der Waals surface area contributed by atoms with Gasteiger partial charge in [-0.25, -0.2) is 0 Å². The smallest absolute Gasteiger partial charge is 0.279 e. The lowest BCUT2D eigenvalue weighted by Crippen LogP contribution is -2.20. The van der Waals surface area contributed by atoms with Crippen LogP contribution >= 0.6 is 0 Å². The maximum absolute atomic E-state index is 12.7. The van der Waals surface area contributed by atoms with E-state index in [9.17, 15) is 13.0 Å². The Bertz CT molecular complexity index is 3100. The zero-order chi connectivity index (χ0) is 48.1. The molecule has 1 heterocycles. The number of anilines is 6. The Morgan fingerprint density at radius 2 is 0.783 bits per heavy atom. The van der Waals surface area contributed by atoms with Crippen molar-refractivity contribution in [3.63, 3.8) is 0 Å². The summed E-state index contributed by atoms with van der Waals surface area (Å²) in [6, 6.07) is 61.3. The first kappa shape index (κ1) is 46.0. The van der Waals surface area contributed by atoms with Crippen molar-refractivity contribution in [1.29, 1.82) is 0 Å². The lowest BCUT2D eigenvalue weighted by molar-refractivity contribution is 0.414. The molecular weight excluding hydrogens is 883 g/mol. The minimum Gasteiger partial charge on any atom is -0.497 e. The number of methoxy groups -OCH3 is 4. The molecule has 0 radical (unpaired) electrons. The number of hydrogen-bond donors (Lipinski definition) is 1. The molecule has 0 amide bonds. The van der Waals surface area contributed by atoms with E-state index in [0.29, 0.717) is 0 Å². The maximum Gasteiger partial charge on any atom is 0.279 e. The summed E-state index contributed by atoms with van der Waals surface area (Å²) >= 11 is 0. The number of para-hydroxylation sites is 2. The van der Waals surface area contributed by atoms with Crippen LogP contribution < -0.4 is 28.7 Å². The molecular formula is C58H51N3O7S. The molecule has 1 unspecified atom stereocenters. The first-order valence-electron chi connectivity index (χ1n) is 22.4. The topological polar surface area (TPSA) is 103 Å². The number of rotatable bonds is 16. The average molecular weight is 934 g/mol. The van der Waals surface area contributed by atoms with Crippen LogP contribution in [0.3, 0.4) is 0 Å². The summed E-state index contributed by atoms with van der Waals surface area (Å²) < 4.78 is 59.9. The predicted octanol–water partition coefficient (Wildman–Crippen LogP) is 13.8. The van der Waals surface area contributed by atoms with E-state index < -0.39 is 15.4 Å². The van der Waals surface area contributed by atoms with E-state index in [2.05, 4.69) is 111 Å². The zero-order valence-electron chi connectivity index (χ0n) is 39.0. The van der Waals surface area contributed by atoms with Crippen LogP contribution in [0, 0.1) is 11.8 Å². The van der Waals surface area contributed by atoms with Gasteiger partial charge in [-0.05, 0) is 146 Å². The number of benzene rings is 8. The van der Waals surface area contributed by atoms with E-state index in [0.717, 1.165) is 101 Å². The second kappa shape index (κ2) is 20.0. The van der Waals surface area contributed by atoms with Gasteiger partial charge in [0.05, 0.1) is 39.5 Å². The molecule has 0 aliphatic carbocycles. The maximum atomic E-state index is 12.7. The molecule has 1 aromatic heterocycles. The van der Waals surface area contributed by atoms with Crippen molar-refractivity contribution in [2.75, 3.05) is 38.2 Å². The summed E-state index contributed by atoms with van der Waals surface area (Å²) in [5.74, 6) is 8.52. The molecule has 69 heavy (non-hydrogen) atoms. The van der Waals surface area contributed by atoms with E-state index in [1.807, 2.05) is 97.1 Å². The largest absolute Gasteiger partial charge is 0.497 e. The van der Waals surface area contributed by atoms with Crippen molar-refractivity contribution in [2.24, 2.45) is 0 Å². The molecule has 0 bridgehead atoms. The van der Waals surface area contributed by atoms with Gasteiger partial charge in [0.1, 0.15) is 28.2 Å². The Balaban J connectivity index is 1.17. The van der Waals surface area contributed by atoms with Crippen LogP contribution in [-0.2, 0) is 16.7 Å². The Hall–Kier alpha value is -8.17. The summed E-state index contributed by atoms with van der Waals surface area (Å²) in [7, 11) is 2.15. The number of ether oxygens (including phenoxy) is 4. The van der Waals surface area contributed by atoms with E-state index in [-0.39, 0.29) is 13.0 Å². The molecule has 9 aromatic rings. The summed E-state index contributed by atoms with van der Waals surface area (Å²) in [6.07, 6.45) is 0.0659. The van der Waals surface area contributed by atoms with Crippen molar-refractivity contribution in [2.45, 2.75) is 25.1 Å². The van der Waals surface area contributed by atoms with Crippen molar-refractivity contribution in [1.82, 2.24) is 4.57 Å². The minimum absolute atomic E-state index is 0.0659. The fraction of sp³-hybridized carbons (Fsp3) is 0.138. The normalized spacial score (nSPS) is 11.7. The number of nitrogens with zero attached hydrogens (tertiary/aromatic N) is 3. The molecule has 1 N–H and O–H groups in total. The zero-order valence-corrected chi connectivity index (χ0v) is 39.8. The molecule has 9 rings (SSSR count). The third-order valence-electron chi connectivity index (χ3n) is 12.4. The highest BCUT2D eigenvalue weighted by atomic mass is 32.2. The average Bonchev–Trinajstić information content (AvgIpc) is 3.72. The minimum atomic E-state index is -4.47. The van der Waals surface area contributed by atoms with Crippen molar-refractivity contribution in [3.05, 3.63) is 182 Å². The Morgan fingerprint density at radius 1 is 0.478 bits per heavy atom. The molecule has 0 saturated carbocycles. The summed E-state index contributed by atoms with van der Waals surface area (Å²) in [5, 5.41) is 0.758. The van der Waals surface area contributed by atoms with Crippen molar-refractivity contribution in [3.8, 4) is 57.1 Å². The first-order chi connectivity index (χ1) is 33.6. The van der Waals surface area contributed by atoms with Gasteiger partial charge in [0.15, 0.2) is 0 Å². The first-order valence-corrected chi connectivity index (χ1v) is 23.9. The van der Waals surface area contributed by atoms with E-state index in [1.54, 1.807) is 35.4 Å². The molecule has 8 aromatic carbocycles. The lowest BCUT2D eigenvalue weighted by Gasteiger charge is -2.26. The fourth-order valence-corrected chi connectivity index (χ4v) is 9.68. The highest BCUT2D eigenvalue weighted by Gasteiger charge is 2.24. The van der Waals surface area contributed by atoms with Crippen LogP contribution in [0.15, 0.2) is 182 Å². The molecule has 0 fully saturated rings. The van der Waals surface area contributed by atoms with Gasteiger partial charge < -0.3 is 33.3 Å². The number of aryl methyl sites for hydroxylation is 1. The third kappa shape index (κ3) is 9.41. The third-order valence-corrected chi connectivity index (χ3v) is 13.4. The SMILES string of the molecule is CC#CC(CCn1c2c(-c3ccc(N(c4ccc(OC)cc4)c4ccc(OC)cc4)cc3)cccc2c2cccc(-c3ccc(N(c4ccc(OC)cc4)c4ccc(OC)cc4)cc3)c21)S(=O)(=O)O. The summed E-state index contributed by atoms with van der Waals surface area (Å²) in [5.41, 5.74) is 11.5. The Labute approximate surface area is 403 Å². The second-order valence-electron chi connectivity index (χ2n) is 16.3. The lowest BCUT2D eigenvalue weighted by atomic mass is 9.99. The van der Waals surface area contributed by atoms with Crippen LogP contribution in [0.1, 0.15) is 13.3 Å². The molecule has 0 spiro atoms.